The minimum absolute atomic E-state index is 0.00672. The molecule has 2 atom stereocenters. The predicted molar refractivity (Wildman–Crippen MR) is 103 cm³/mol. The van der Waals surface area contributed by atoms with Crippen LogP contribution in [0.1, 0.15) is 61.9 Å². The van der Waals surface area contributed by atoms with Crippen molar-refractivity contribution in [2.75, 3.05) is 5.01 Å². The Morgan fingerprint density at radius 1 is 1.07 bits per heavy atom. The molecule has 0 bridgehead atoms. The standard InChI is InChI=1S/C21H23F2N5/c1-13-17-12-25-28(14-7-9-21(22,23)10-8-14)20(17)27-19(26-13)16-6-5-15(16)18-4-2-3-11-24-18/h2-4,11-12,14-16,25H,1,5-10H2/t15-,16-/m1/s1. The van der Waals surface area contributed by atoms with E-state index in [1.807, 2.05) is 29.5 Å². The molecule has 1 aliphatic heterocycles. The van der Waals surface area contributed by atoms with Crippen LogP contribution in [0.4, 0.5) is 14.6 Å². The lowest BCUT2D eigenvalue weighted by Crippen LogP contribution is -2.46. The molecular weight excluding hydrogens is 360 g/mol. The van der Waals surface area contributed by atoms with Gasteiger partial charge < -0.3 is 5.43 Å². The fourth-order valence-corrected chi connectivity index (χ4v) is 4.53. The maximum atomic E-state index is 13.6. The average molecular weight is 383 g/mol. The molecule has 0 saturated heterocycles. The van der Waals surface area contributed by atoms with Crippen LogP contribution in [0.2, 0.25) is 0 Å². The van der Waals surface area contributed by atoms with Gasteiger partial charge in [-0.2, -0.15) is 0 Å². The first-order chi connectivity index (χ1) is 13.5. The molecule has 2 aliphatic carbocycles. The highest BCUT2D eigenvalue weighted by atomic mass is 19.3. The molecule has 3 heterocycles. The molecule has 0 radical (unpaired) electrons. The van der Waals surface area contributed by atoms with Crippen molar-refractivity contribution >= 4 is 18.6 Å². The van der Waals surface area contributed by atoms with Gasteiger partial charge in [-0.15, -0.1) is 0 Å². The van der Waals surface area contributed by atoms with E-state index in [1.54, 1.807) is 0 Å². The summed E-state index contributed by atoms with van der Waals surface area (Å²) >= 11 is 0. The fraction of sp³-hybridized carbons (Fsp3) is 0.476. The average Bonchev–Trinajstić information content (AvgIpc) is 3.06. The number of pyridine rings is 1. The van der Waals surface area contributed by atoms with Crippen molar-refractivity contribution < 1.29 is 8.78 Å². The molecule has 1 N–H and O–H groups in total. The second kappa shape index (κ2) is 6.50. The lowest BCUT2D eigenvalue weighted by atomic mass is 9.71. The van der Waals surface area contributed by atoms with E-state index >= 15 is 0 Å². The van der Waals surface area contributed by atoms with E-state index in [0.717, 1.165) is 35.4 Å². The van der Waals surface area contributed by atoms with Crippen LogP contribution in [0.15, 0.2) is 24.4 Å². The first kappa shape index (κ1) is 17.5. The summed E-state index contributed by atoms with van der Waals surface area (Å²) in [5.74, 6) is -0.442. The van der Waals surface area contributed by atoms with E-state index < -0.39 is 5.92 Å². The lowest BCUT2D eigenvalue weighted by molar-refractivity contribution is -0.0384. The van der Waals surface area contributed by atoms with Crippen LogP contribution in [0.5, 0.6) is 0 Å². The molecule has 2 aromatic rings. The third kappa shape index (κ3) is 2.93. The van der Waals surface area contributed by atoms with Gasteiger partial charge in [0.15, 0.2) is 5.82 Å². The summed E-state index contributed by atoms with van der Waals surface area (Å²) in [6, 6.07) is 5.99. The topological polar surface area (TPSA) is 53.9 Å². The molecule has 5 nitrogen and oxygen atoms in total. The van der Waals surface area contributed by atoms with Crippen LogP contribution in [-0.2, 0) is 0 Å². The number of aromatic nitrogens is 3. The highest BCUT2D eigenvalue weighted by molar-refractivity contribution is 5.52. The Kier molecular flexibility index (Phi) is 4.07. The van der Waals surface area contributed by atoms with Crippen LogP contribution < -0.4 is 21.0 Å². The number of rotatable bonds is 3. The summed E-state index contributed by atoms with van der Waals surface area (Å²) in [6.45, 7) is 4.11. The Balaban J connectivity index is 1.43. The van der Waals surface area contributed by atoms with Gasteiger partial charge in [-0.3, -0.25) is 9.99 Å². The lowest BCUT2D eigenvalue weighted by Gasteiger charge is -2.37. The molecule has 146 valence electrons. The zero-order valence-corrected chi connectivity index (χ0v) is 15.6. The Bertz CT molecular complexity index is 984. The van der Waals surface area contributed by atoms with Gasteiger partial charge in [-0.05, 0) is 37.8 Å². The monoisotopic (exact) mass is 383 g/mol. The van der Waals surface area contributed by atoms with Crippen molar-refractivity contribution in [1.29, 1.82) is 0 Å². The fourth-order valence-electron chi connectivity index (χ4n) is 4.53. The van der Waals surface area contributed by atoms with Crippen LogP contribution in [0.3, 0.4) is 0 Å². The number of hydrogen-bond donors (Lipinski definition) is 1. The highest BCUT2D eigenvalue weighted by Gasteiger charge is 2.40. The molecular formula is C21H23F2N5. The number of fused-ring (bicyclic) bond motifs is 1. The quantitative estimate of drug-likeness (QED) is 0.883. The van der Waals surface area contributed by atoms with E-state index in [1.165, 1.54) is 0 Å². The van der Waals surface area contributed by atoms with Gasteiger partial charge in [0.05, 0.1) is 16.6 Å². The smallest absolute Gasteiger partial charge is 0.248 e. The van der Waals surface area contributed by atoms with E-state index in [0.29, 0.717) is 24.1 Å². The minimum Gasteiger partial charge on any atom is -0.303 e. The third-order valence-electron chi connectivity index (χ3n) is 6.32. The number of anilines is 1. The zero-order valence-electron chi connectivity index (χ0n) is 15.6. The van der Waals surface area contributed by atoms with Crippen LogP contribution in [-0.4, -0.2) is 26.9 Å². The molecule has 0 aromatic carbocycles. The maximum Gasteiger partial charge on any atom is 0.248 e. The van der Waals surface area contributed by atoms with Crippen LogP contribution in [0, 0.1) is 0 Å². The molecule has 2 aromatic heterocycles. The number of alkyl halides is 2. The van der Waals surface area contributed by atoms with Crippen molar-refractivity contribution in [2.24, 2.45) is 0 Å². The largest absolute Gasteiger partial charge is 0.303 e. The molecule has 0 unspecified atom stereocenters. The molecule has 28 heavy (non-hydrogen) atoms. The van der Waals surface area contributed by atoms with Crippen LogP contribution in [0.25, 0.3) is 12.8 Å². The SMILES string of the molecule is C=c1nc([C@@H]2CC[C@H]2c2ccccn2)nc2c1=CNN2C1CCC(F)(F)CC1. The van der Waals surface area contributed by atoms with E-state index in [2.05, 4.69) is 28.0 Å². The summed E-state index contributed by atoms with van der Waals surface area (Å²) < 4.78 is 27.1. The van der Waals surface area contributed by atoms with Crippen molar-refractivity contribution in [3.8, 4) is 0 Å². The minimum atomic E-state index is -2.54. The van der Waals surface area contributed by atoms with Gasteiger partial charge in [0.25, 0.3) is 0 Å². The summed E-state index contributed by atoms with van der Waals surface area (Å²) in [7, 11) is 0. The summed E-state index contributed by atoms with van der Waals surface area (Å²) in [5.41, 5.74) is 4.29. The Morgan fingerprint density at radius 2 is 1.86 bits per heavy atom. The molecule has 3 aliphatic rings. The third-order valence-corrected chi connectivity index (χ3v) is 6.32. The molecule has 0 spiro atoms. The second-order valence-electron chi connectivity index (χ2n) is 8.04. The van der Waals surface area contributed by atoms with Gasteiger partial charge in [0.1, 0.15) is 5.82 Å². The first-order valence-corrected chi connectivity index (χ1v) is 9.93. The highest BCUT2D eigenvalue weighted by Crippen LogP contribution is 2.47. The second-order valence-corrected chi connectivity index (χ2v) is 8.04. The van der Waals surface area contributed by atoms with Crippen molar-refractivity contribution in [2.45, 2.75) is 62.3 Å². The molecule has 5 rings (SSSR count). The van der Waals surface area contributed by atoms with Gasteiger partial charge in [0, 0.05) is 42.8 Å². The molecule has 0 amide bonds. The van der Waals surface area contributed by atoms with Crippen molar-refractivity contribution in [1.82, 2.24) is 20.4 Å². The zero-order chi connectivity index (χ0) is 19.3. The Morgan fingerprint density at radius 3 is 2.54 bits per heavy atom. The number of nitrogens with zero attached hydrogens (tertiary/aromatic N) is 4. The van der Waals surface area contributed by atoms with Gasteiger partial charge in [-0.25, -0.2) is 18.7 Å². The molecule has 2 fully saturated rings. The van der Waals surface area contributed by atoms with Crippen molar-refractivity contribution in [3.05, 3.63) is 46.5 Å². The molecule has 7 heteroatoms. The van der Waals surface area contributed by atoms with E-state index in [4.69, 9.17) is 4.98 Å². The Hall–Kier alpha value is -2.57. The number of nitrogens with one attached hydrogen (secondary N) is 1. The van der Waals surface area contributed by atoms with Crippen LogP contribution >= 0.6 is 0 Å². The number of hydrazine groups is 1. The van der Waals surface area contributed by atoms with Gasteiger partial charge in [-0.1, -0.05) is 12.6 Å². The number of halogens is 2. The number of hydrogen-bond acceptors (Lipinski definition) is 5. The Labute approximate surface area is 162 Å². The summed E-state index contributed by atoms with van der Waals surface area (Å²) in [4.78, 5) is 14.1. The van der Waals surface area contributed by atoms with Gasteiger partial charge >= 0.3 is 0 Å². The summed E-state index contributed by atoms with van der Waals surface area (Å²) in [5, 5.41) is 3.48. The summed E-state index contributed by atoms with van der Waals surface area (Å²) in [6.07, 6.45) is 6.48. The van der Waals surface area contributed by atoms with Gasteiger partial charge in [0.2, 0.25) is 5.92 Å². The predicted octanol–water partition coefficient (Wildman–Crippen LogP) is 2.58. The molecule has 2 saturated carbocycles. The van der Waals surface area contributed by atoms with Crippen molar-refractivity contribution in [3.63, 3.8) is 0 Å². The maximum absolute atomic E-state index is 13.6. The van der Waals surface area contributed by atoms with E-state index in [-0.39, 0.29) is 24.8 Å². The normalized spacial score (nSPS) is 26.1. The van der Waals surface area contributed by atoms with E-state index in [9.17, 15) is 8.78 Å². The first-order valence-electron chi connectivity index (χ1n) is 9.93.